The molecule has 1 aliphatic carbocycles. The minimum atomic E-state index is -6.33. The molecule has 0 aliphatic heterocycles. The number of aliphatic hydroxyl groups excluding tert-OH is 3. The standard InChI is InChI=1S/C41H81O19P3/c1-3-5-7-9-11-13-15-17-19-21-23-25-27-29-34(42)55-31-33(57-35(43)30-28-26-24-22-20-18-16-14-12-10-8-6-4-2)32-56-63(53,54)60-39-36(44)37(45)40(58-61(47,48)49)41(38(39)46)59-62(50,51)52/h33,36-41,44-46H,3-32H2,1-2H3,(H,53,54)(H2,47,48,49)(H2,50,51,52)/t33?,36-,37+,38+,39-,40-,41-/m1/s1/i31D2,32D2,33D. The molecule has 2 unspecified atom stereocenters. The Hall–Kier alpha value is -0.850. The second kappa shape index (κ2) is 34.4. The van der Waals surface area contributed by atoms with Crippen LogP contribution in [0.4, 0.5) is 0 Å². The number of phosphoric ester groups is 3. The van der Waals surface area contributed by atoms with Crippen LogP contribution in [-0.2, 0) is 50.9 Å². The third kappa shape index (κ3) is 30.9. The Bertz CT molecular complexity index is 1580. The molecule has 63 heavy (non-hydrogen) atoms. The number of rotatable bonds is 40. The van der Waals surface area contributed by atoms with Crippen LogP contribution in [0.15, 0.2) is 0 Å². The average Bonchev–Trinajstić information content (AvgIpc) is 3.21. The van der Waals surface area contributed by atoms with Crippen LogP contribution in [0.3, 0.4) is 0 Å². The van der Waals surface area contributed by atoms with Crippen molar-refractivity contribution in [2.75, 3.05) is 13.1 Å². The lowest BCUT2D eigenvalue weighted by Crippen LogP contribution is -2.65. The van der Waals surface area contributed by atoms with Crippen molar-refractivity contribution >= 4 is 35.4 Å². The van der Waals surface area contributed by atoms with E-state index in [0.717, 1.165) is 64.2 Å². The van der Waals surface area contributed by atoms with Gasteiger partial charge >= 0.3 is 35.4 Å². The van der Waals surface area contributed by atoms with Gasteiger partial charge in [0.2, 0.25) is 0 Å². The van der Waals surface area contributed by atoms with E-state index in [-0.39, 0.29) is 12.8 Å². The van der Waals surface area contributed by atoms with Gasteiger partial charge in [0, 0.05) is 12.8 Å². The van der Waals surface area contributed by atoms with Gasteiger partial charge in [-0.05, 0) is 12.8 Å². The topological polar surface area (TPSA) is 303 Å². The van der Waals surface area contributed by atoms with Crippen LogP contribution in [-0.4, -0.2) is 108 Å². The van der Waals surface area contributed by atoms with E-state index >= 15 is 0 Å². The molecule has 0 spiro atoms. The van der Waals surface area contributed by atoms with E-state index in [2.05, 4.69) is 31.9 Å². The third-order valence-electron chi connectivity index (χ3n) is 10.5. The number of esters is 2. The van der Waals surface area contributed by atoms with Gasteiger partial charge < -0.3 is 49.3 Å². The Morgan fingerprint density at radius 1 is 0.492 bits per heavy atom. The lowest BCUT2D eigenvalue weighted by atomic mass is 9.85. The monoisotopic (exact) mass is 975 g/mol. The van der Waals surface area contributed by atoms with Gasteiger partial charge in [-0.1, -0.05) is 168 Å². The SMILES string of the molecule is [2H]C([2H])(OC(=O)CCCCCCCCCCCCCCC)C([2H])(OC(=O)CCCCCCCCCCCCCCC)C([2H])([2H])OP(=O)(O)O[C@@H]1[C@H](O)[C@H](O)[C@@H](OP(=O)(O)O)[C@H](OP(=O)(O)O)[C@H]1O. The van der Waals surface area contributed by atoms with Crippen molar-refractivity contribution in [1.29, 1.82) is 0 Å². The fourth-order valence-electron chi connectivity index (χ4n) is 7.08. The predicted molar refractivity (Wildman–Crippen MR) is 234 cm³/mol. The van der Waals surface area contributed by atoms with Crippen LogP contribution in [0.2, 0.25) is 0 Å². The van der Waals surface area contributed by atoms with E-state index < -0.39 is 104 Å². The molecule has 0 radical (unpaired) electrons. The first kappa shape index (κ1) is 51.5. The van der Waals surface area contributed by atoms with Crippen LogP contribution in [0.25, 0.3) is 0 Å². The zero-order valence-corrected chi connectivity index (χ0v) is 39.9. The molecule has 0 saturated heterocycles. The van der Waals surface area contributed by atoms with Crippen LogP contribution in [0.1, 0.15) is 200 Å². The van der Waals surface area contributed by atoms with Crippen molar-refractivity contribution in [2.24, 2.45) is 0 Å². The molecule has 0 bridgehead atoms. The highest BCUT2D eigenvalue weighted by atomic mass is 31.2. The van der Waals surface area contributed by atoms with Crippen molar-refractivity contribution in [3.63, 3.8) is 0 Å². The van der Waals surface area contributed by atoms with Gasteiger partial charge in [0.1, 0.15) is 43.2 Å². The molecule has 374 valence electrons. The van der Waals surface area contributed by atoms with Crippen molar-refractivity contribution in [2.45, 2.75) is 236 Å². The van der Waals surface area contributed by atoms with Gasteiger partial charge in [-0.15, -0.1) is 0 Å². The summed E-state index contributed by atoms with van der Waals surface area (Å²) in [6.45, 7) is -3.97. The first-order valence-electron chi connectivity index (χ1n) is 25.3. The minimum Gasteiger partial charge on any atom is -0.462 e. The molecular weight excluding hydrogens is 889 g/mol. The van der Waals surface area contributed by atoms with Crippen LogP contribution >= 0.6 is 23.5 Å². The first-order chi connectivity index (χ1) is 31.6. The second-order valence-electron chi connectivity index (χ2n) is 16.2. The maximum atomic E-state index is 13.4. The maximum absolute atomic E-state index is 13.4. The van der Waals surface area contributed by atoms with Gasteiger partial charge in [-0.25, -0.2) is 13.7 Å². The third-order valence-corrected chi connectivity index (χ3v) is 12.4. The number of unbranched alkanes of at least 4 members (excludes halogenated alkanes) is 24. The highest BCUT2D eigenvalue weighted by Gasteiger charge is 2.56. The molecule has 22 heteroatoms. The number of carbonyl (C=O) groups is 2. The number of phosphoric acid groups is 3. The van der Waals surface area contributed by atoms with E-state index in [1.807, 2.05) is 0 Å². The van der Waals surface area contributed by atoms with Gasteiger partial charge in [-0.2, -0.15) is 0 Å². The van der Waals surface area contributed by atoms with Gasteiger partial charge in [0.15, 0.2) is 6.08 Å². The smallest absolute Gasteiger partial charge is 0.462 e. The van der Waals surface area contributed by atoms with Gasteiger partial charge in [0.25, 0.3) is 0 Å². The number of ether oxygens (including phenoxy) is 2. The summed E-state index contributed by atoms with van der Waals surface area (Å²) in [4.78, 5) is 74.0. The second-order valence-corrected chi connectivity index (χ2v) is 19.9. The zero-order chi connectivity index (χ0) is 51.7. The van der Waals surface area contributed by atoms with E-state index in [9.17, 15) is 63.1 Å². The van der Waals surface area contributed by atoms with Crippen molar-refractivity contribution < 1.29 is 97.5 Å². The molecule has 8 atom stereocenters. The minimum absolute atomic E-state index is 0.143. The molecular formula is C41H81O19P3. The van der Waals surface area contributed by atoms with Crippen molar-refractivity contribution in [3.8, 4) is 0 Å². The van der Waals surface area contributed by atoms with Crippen molar-refractivity contribution in [3.05, 3.63) is 0 Å². The molecule has 8 N–H and O–H groups in total. The Morgan fingerprint density at radius 2 is 0.825 bits per heavy atom. The Labute approximate surface area is 381 Å². The molecule has 0 aromatic heterocycles. The maximum Gasteiger partial charge on any atom is 0.472 e. The summed E-state index contributed by atoms with van der Waals surface area (Å²) in [5.74, 6) is -2.68. The highest BCUT2D eigenvalue weighted by molar-refractivity contribution is 7.47. The molecule has 0 amide bonds. The van der Waals surface area contributed by atoms with E-state index in [4.69, 9.17) is 16.3 Å². The lowest BCUT2D eigenvalue weighted by molar-refractivity contribution is -0.213. The van der Waals surface area contributed by atoms with E-state index in [0.29, 0.717) is 19.3 Å². The normalized spacial score (nSPS) is 24.3. The molecule has 1 saturated carbocycles. The number of hydrogen-bond donors (Lipinski definition) is 8. The van der Waals surface area contributed by atoms with Crippen LogP contribution in [0.5, 0.6) is 0 Å². The van der Waals surface area contributed by atoms with Gasteiger partial charge in [-0.3, -0.25) is 27.7 Å². The van der Waals surface area contributed by atoms with Gasteiger partial charge in [0.05, 0.1) is 13.4 Å². The molecule has 19 nitrogen and oxygen atoms in total. The number of hydrogen-bond acceptors (Lipinski definition) is 14. The molecule has 1 aliphatic rings. The van der Waals surface area contributed by atoms with E-state index in [1.54, 1.807) is 0 Å². The highest BCUT2D eigenvalue weighted by Crippen LogP contribution is 2.51. The number of carbonyl (C=O) groups excluding carboxylic acids is 2. The summed E-state index contributed by atoms with van der Waals surface area (Å²) in [5.41, 5.74) is 0. The van der Waals surface area contributed by atoms with Crippen molar-refractivity contribution in [1.82, 2.24) is 0 Å². The molecule has 0 aromatic rings. The first-order valence-corrected chi connectivity index (χ1v) is 27.4. The predicted octanol–water partition coefficient (Wildman–Crippen LogP) is 7.96. The quantitative estimate of drug-likeness (QED) is 0.0164. The summed E-state index contributed by atoms with van der Waals surface area (Å²) < 4.78 is 107. The summed E-state index contributed by atoms with van der Waals surface area (Å²) >= 11 is 0. The summed E-state index contributed by atoms with van der Waals surface area (Å²) in [6.07, 6.45) is 3.87. The van der Waals surface area contributed by atoms with Crippen LogP contribution < -0.4 is 0 Å². The molecule has 1 fully saturated rings. The Balaban J connectivity index is 3.12. The lowest BCUT2D eigenvalue weighted by Gasteiger charge is -2.44. The Kier molecular flexibility index (Phi) is 28.2. The largest absolute Gasteiger partial charge is 0.472 e. The summed E-state index contributed by atoms with van der Waals surface area (Å²) in [7, 11) is -17.8. The Morgan fingerprint density at radius 3 is 1.21 bits per heavy atom. The van der Waals surface area contributed by atoms with Crippen LogP contribution in [0, 0.1) is 0 Å². The zero-order valence-electron chi connectivity index (χ0n) is 42.2. The fraction of sp³-hybridized carbons (Fsp3) is 0.951. The molecule has 0 heterocycles. The average molecular weight is 976 g/mol. The molecule has 1 rings (SSSR count). The molecule has 0 aromatic carbocycles. The number of aliphatic hydroxyl groups is 3. The fourth-order valence-corrected chi connectivity index (χ4v) is 9.01. The summed E-state index contributed by atoms with van der Waals surface area (Å²) in [6, 6.07) is 0. The summed E-state index contributed by atoms with van der Waals surface area (Å²) in [5, 5.41) is 32.0. The van der Waals surface area contributed by atoms with E-state index in [1.165, 1.54) is 70.6 Å².